The summed E-state index contributed by atoms with van der Waals surface area (Å²) in [4.78, 5) is 24.9. The molecule has 1 aliphatic carbocycles. The Kier molecular flexibility index (Phi) is 6.75. The second-order valence-corrected chi connectivity index (χ2v) is 7.09. The van der Waals surface area contributed by atoms with Gasteiger partial charge in [-0.2, -0.15) is 0 Å². The number of benzene rings is 1. The van der Waals surface area contributed by atoms with Gasteiger partial charge in [0, 0.05) is 19.1 Å². The van der Waals surface area contributed by atoms with Crippen molar-refractivity contribution in [3.63, 3.8) is 0 Å². The molecule has 1 aliphatic heterocycles. The maximum absolute atomic E-state index is 12.5. The maximum Gasteiger partial charge on any atom is 0.428 e. The normalized spacial score (nSPS) is 18.0. The first-order chi connectivity index (χ1) is 12.7. The molecule has 2 fully saturated rings. The van der Waals surface area contributed by atoms with E-state index < -0.39 is 6.09 Å². The highest BCUT2D eigenvalue weighted by Crippen LogP contribution is 2.19. The van der Waals surface area contributed by atoms with Crippen molar-refractivity contribution < 1.29 is 14.3 Å². The van der Waals surface area contributed by atoms with Crippen molar-refractivity contribution in [2.24, 2.45) is 0 Å². The van der Waals surface area contributed by atoms with Crippen molar-refractivity contribution in [3.8, 4) is 0 Å². The molecule has 1 N–H and O–H groups in total. The Morgan fingerprint density at radius 2 is 1.73 bits per heavy atom. The molecule has 6 nitrogen and oxygen atoms in total. The topological polar surface area (TPSA) is 61.9 Å². The summed E-state index contributed by atoms with van der Waals surface area (Å²) in [6.07, 6.45) is 7.66. The van der Waals surface area contributed by atoms with Gasteiger partial charge in [0.05, 0.1) is 6.61 Å². The number of hydrazine groups is 1. The minimum Gasteiger partial charge on any atom is -0.448 e. The van der Waals surface area contributed by atoms with Crippen molar-refractivity contribution in [3.05, 3.63) is 35.9 Å². The van der Waals surface area contributed by atoms with E-state index in [-0.39, 0.29) is 12.1 Å². The van der Waals surface area contributed by atoms with Gasteiger partial charge in [0.2, 0.25) is 0 Å². The molecule has 0 aromatic heterocycles. The van der Waals surface area contributed by atoms with Crippen molar-refractivity contribution in [2.45, 2.75) is 57.4 Å². The van der Waals surface area contributed by atoms with Crippen molar-refractivity contribution in [1.82, 2.24) is 15.3 Å². The largest absolute Gasteiger partial charge is 0.448 e. The van der Waals surface area contributed by atoms with E-state index in [1.54, 1.807) is 0 Å². The van der Waals surface area contributed by atoms with Gasteiger partial charge in [-0.3, -0.25) is 0 Å². The number of nitrogens with one attached hydrogen (secondary N) is 1. The van der Waals surface area contributed by atoms with E-state index in [4.69, 9.17) is 4.74 Å². The van der Waals surface area contributed by atoms with Crippen LogP contribution in [0.3, 0.4) is 0 Å². The summed E-state index contributed by atoms with van der Waals surface area (Å²) in [5.74, 6) is 0. The van der Waals surface area contributed by atoms with Crippen LogP contribution in [0.4, 0.5) is 9.59 Å². The van der Waals surface area contributed by atoms with Gasteiger partial charge in [0.15, 0.2) is 0 Å². The van der Waals surface area contributed by atoms with E-state index >= 15 is 0 Å². The SMILES string of the molecule is O=C(NC1CCCCC1)N1CCCN1C(=O)OCCCc1ccccc1. The van der Waals surface area contributed by atoms with Crippen LogP contribution in [0, 0.1) is 0 Å². The van der Waals surface area contributed by atoms with Gasteiger partial charge in [-0.15, -0.1) is 0 Å². The van der Waals surface area contributed by atoms with Crippen LogP contribution in [0.5, 0.6) is 0 Å². The van der Waals surface area contributed by atoms with Gasteiger partial charge in [0.25, 0.3) is 0 Å². The van der Waals surface area contributed by atoms with Crippen LogP contribution < -0.4 is 5.32 Å². The number of carbonyl (C=O) groups is 2. The lowest BCUT2D eigenvalue weighted by molar-refractivity contribution is 0.0338. The number of aryl methyl sites for hydroxylation is 1. The number of hydrogen-bond acceptors (Lipinski definition) is 3. The van der Waals surface area contributed by atoms with Gasteiger partial charge in [-0.25, -0.2) is 19.6 Å². The third-order valence-corrected chi connectivity index (χ3v) is 5.09. The van der Waals surface area contributed by atoms with Gasteiger partial charge < -0.3 is 10.1 Å². The number of urea groups is 1. The molecule has 0 unspecified atom stereocenters. The summed E-state index contributed by atoms with van der Waals surface area (Å²) in [7, 11) is 0. The smallest absolute Gasteiger partial charge is 0.428 e. The van der Waals surface area contributed by atoms with E-state index in [2.05, 4.69) is 17.4 Å². The fraction of sp³-hybridized carbons (Fsp3) is 0.600. The molecule has 0 bridgehead atoms. The first kappa shape index (κ1) is 18.5. The fourth-order valence-electron chi connectivity index (χ4n) is 3.66. The average Bonchev–Trinajstić information content (AvgIpc) is 3.17. The first-order valence-electron chi connectivity index (χ1n) is 9.80. The lowest BCUT2D eigenvalue weighted by Crippen LogP contribution is -2.52. The molecule has 3 rings (SSSR count). The molecule has 1 saturated heterocycles. The van der Waals surface area contributed by atoms with Gasteiger partial charge in [-0.05, 0) is 37.7 Å². The van der Waals surface area contributed by atoms with Crippen LogP contribution in [0.15, 0.2) is 30.3 Å². The molecule has 3 amide bonds. The summed E-state index contributed by atoms with van der Waals surface area (Å²) < 4.78 is 5.38. The van der Waals surface area contributed by atoms with E-state index in [9.17, 15) is 9.59 Å². The molecule has 2 aliphatic rings. The minimum atomic E-state index is -0.422. The van der Waals surface area contributed by atoms with Gasteiger partial charge >= 0.3 is 12.1 Å². The van der Waals surface area contributed by atoms with Crippen molar-refractivity contribution in [2.75, 3.05) is 19.7 Å². The molecule has 6 heteroatoms. The second-order valence-electron chi connectivity index (χ2n) is 7.09. The van der Waals surface area contributed by atoms with E-state index in [0.717, 1.165) is 44.9 Å². The number of ether oxygens (including phenoxy) is 1. The average molecular weight is 359 g/mol. The van der Waals surface area contributed by atoms with E-state index in [0.29, 0.717) is 19.7 Å². The molecular weight excluding hydrogens is 330 g/mol. The molecule has 1 aromatic carbocycles. The van der Waals surface area contributed by atoms with Crippen LogP contribution in [-0.4, -0.2) is 47.9 Å². The molecule has 0 atom stereocenters. The van der Waals surface area contributed by atoms with E-state index in [1.807, 2.05) is 18.2 Å². The lowest BCUT2D eigenvalue weighted by Gasteiger charge is -2.30. The molecular formula is C20H29N3O3. The van der Waals surface area contributed by atoms with Crippen LogP contribution in [-0.2, 0) is 11.2 Å². The highest BCUT2D eigenvalue weighted by Gasteiger charge is 2.32. The number of nitrogens with zero attached hydrogens (tertiary/aromatic N) is 2. The molecule has 26 heavy (non-hydrogen) atoms. The van der Waals surface area contributed by atoms with Crippen molar-refractivity contribution in [1.29, 1.82) is 0 Å². The van der Waals surface area contributed by atoms with Crippen LogP contribution >= 0.6 is 0 Å². The fourth-order valence-corrected chi connectivity index (χ4v) is 3.66. The van der Waals surface area contributed by atoms with Gasteiger partial charge in [-0.1, -0.05) is 49.6 Å². The Bertz CT molecular complexity index is 587. The molecule has 142 valence electrons. The van der Waals surface area contributed by atoms with Gasteiger partial charge in [0.1, 0.15) is 0 Å². The monoisotopic (exact) mass is 359 g/mol. The summed E-state index contributed by atoms with van der Waals surface area (Å²) in [5.41, 5.74) is 1.23. The third kappa shape index (κ3) is 5.13. The zero-order chi connectivity index (χ0) is 18.2. The van der Waals surface area contributed by atoms with E-state index in [1.165, 1.54) is 22.0 Å². The quantitative estimate of drug-likeness (QED) is 0.815. The number of hydrogen-bond donors (Lipinski definition) is 1. The zero-order valence-electron chi connectivity index (χ0n) is 15.4. The number of carbonyl (C=O) groups excluding carboxylic acids is 2. The Morgan fingerprint density at radius 3 is 2.50 bits per heavy atom. The third-order valence-electron chi connectivity index (χ3n) is 5.09. The van der Waals surface area contributed by atoms with Crippen LogP contribution in [0.2, 0.25) is 0 Å². The second kappa shape index (κ2) is 9.46. The standard InChI is InChI=1S/C20H29N3O3/c24-19(21-18-12-5-2-6-13-18)22-14-8-15-23(22)20(25)26-16-7-11-17-9-3-1-4-10-17/h1,3-4,9-10,18H,2,5-8,11-16H2,(H,21,24). The highest BCUT2D eigenvalue weighted by molar-refractivity contribution is 5.78. The Hall–Kier alpha value is -2.24. The molecule has 1 saturated carbocycles. The Morgan fingerprint density at radius 1 is 1.00 bits per heavy atom. The summed E-state index contributed by atoms with van der Waals surface area (Å²) in [6.45, 7) is 1.47. The Balaban J connectivity index is 1.41. The van der Waals surface area contributed by atoms with Crippen LogP contribution in [0.1, 0.15) is 50.5 Å². The minimum absolute atomic E-state index is 0.171. The number of rotatable bonds is 5. The zero-order valence-corrected chi connectivity index (χ0v) is 15.4. The molecule has 0 radical (unpaired) electrons. The Labute approximate surface area is 155 Å². The molecule has 1 aromatic rings. The predicted octanol–water partition coefficient (Wildman–Crippen LogP) is 3.72. The molecule has 0 spiro atoms. The molecule has 1 heterocycles. The summed E-state index contributed by atoms with van der Waals surface area (Å²) in [6, 6.07) is 10.2. The maximum atomic E-state index is 12.5. The summed E-state index contributed by atoms with van der Waals surface area (Å²) >= 11 is 0. The number of amides is 3. The lowest BCUT2D eigenvalue weighted by atomic mass is 9.96. The van der Waals surface area contributed by atoms with Crippen molar-refractivity contribution >= 4 is 12.1 Å². The predicted molar refractivity (Wildman–Crippen MR) is 99.5 cm³/mol. The first-order valence-corrected chi connectivity index (χ1v) is 9.80. The van der Waals surface area contributed by atoms with Crippen LogP contribution in [0.25, 0.3) is 0 Å². The summed E-state index contributed by atoms with van der Waals surface area (Å²) in [5, 5.41) is 6.03. The highest BCUT2D eigenvalue weighted by atomic mass is 16.6.